The van der Waals surface area contributed by atoms with Gasteiger partial charge in [-0.1, -0.05) is 13.8 Å². The molecule has 0 aromatic rings. The molecule has 0 aromatic heterocycles. The normalized spacial score (nSPS) is 35.9. The third kappa shape index (κ3) is 1.36. The first-order valence-corrected chi connectivity index (χ1v) is 5.45. The van der Waals surface area contributed by atoms with Crippen LogP contribution < -0.4 is 0 Å². The summed E-state index contributed by atoms with van der Waals surface area (Å²) in [7, 11) is -1.86. The van der Waals surface area contributed by atoms with E-state index in [-0.39, 0.29) is 0 Å². The molecule has 0 radical (unpaired) electrons. The molecule has 0 amide bonds. The summed E-state index contributed by atoms with van der Waals surface area (Å²) in [6, 6.07) is 0. The van der Waals surface area contributed by atoms with Gasteiger partial charge in [-0.2, -0.15) is 0 Å². The molecule has 1 aliphatic rings. The van der Waals surface area contributed by atoms with E-state index >= 15 is 0 Å². The summed E-state index contributed by atoms with van der Waals surface area (Å²) < 4.78 is 16.6. The molecule has 9 heavy (non-hydrogen) atoms. The van der Waals surface area contributed by atoms with Crippen molar-refractivity contribution < 1.29 is 9.30 Å². The molecule has 1 fully saturated rings. The van der Waals surface area contributed by atoms with Crippen LogP contribution in [-0.4, -0.2) is 24.8 Å². The Morgan fingerprint density at radius 1 is 1.56 bits per heavy atom. The average molecular weight is 148 g/mol. The molecule has 1 unspecified atom stereocenters. The highest BCUT2D eigenvalue weighted by Gasteiger charge is 2.30. The molecule has 0 aliphatic carbocycles. The Hall–Kier alpha value is 0.190. The molecule has 0 aromatic carbocycles. The number of hydrogen-bond acceptors (Lipinski definition) is 2. The summed E-state index contributed by atoms with van der Waals surface area (Å²) in [5.74, 6) is 0. The van der Waals surface area contributed by atoms with Crippen molar-refractivity contribution in [3.8, 4) is 0 Å². The quantitative estimate of drug-likeness (QED) is 0.529. The van der Waals surface area contributed by atoms with Gasteiger partial charge in [0.25, 0.3) is 0 Å². The Morgan fingerprint density at radius 3 is 2.44 bits per heavy atom. The summed E-state index contributed by atoms with van der Waals surface area (Å²) >= 11 is 0. The SMILES string of the molecule is CC(C)P1(=O)CCOC1. The summed E-state index contributed by atoms with van der Waals surface area (Å²) in [6.07, 6.45) is 1.31. The van der Waals surface area contributed by atoms with E-state index in [0.29, 0.717) is 18.6 Å². The maximum atomic E-state index is 11.6. The number of ether oxygens (including phenoxy) is 1. The fraction of sp³-hybridized carbons (Fsp3) is 1.00. The fourth-order valence-corrected chi connectivity index (χ4v) is 2.73. The second kappa shape index (κ2) is 2.43. The lowest BCUT2D eigenvalue weighted by atomic mass is 10.6. The van der Waals surface area contributed by atoms with Crippen molar-refractivity contribution in [3.05, 3.63) is 0 Å². The van der Waals surface area contributed by atoms with Crippen LogP contribution in [0.3, 0.4) is 0 Å². The molecule has 1 saturated heterocycles. The molecule has 2 nitrogen and oxygen atoms in total. The van der Waals surface area contributed by atoms with E-state index in [1.807, 2.05) is 13.8 Å². The largest absolute Gasteiger partial charge is 0.373 e. The fourth-order valence-electron chi connectivity index (χ4n) is 0.910. The monoisotopic (exact) mass is 148 g/mol. The maximum Gasteiger partial charge on any atom is 0.117 e. The minimum Gasteiger partial charge on any atom is -0.373 e. The number of rotatable bonds is 1. The molecule has 0 spiro atoms. The summed E-state index contributed by atoms with van der Waals surface area (Å²) in [5.41, 5.74) is 0.319. The summed E-state index contributed by atoms with van der Waals surface area (Å²) in [5, 5.41) is 0. The van der Waals surface area contributed by atoms with E-state index in [1.54, 1.807) is 0 Å². The molecular weight excluding hydrogens is 135 g/mol. The summed E-state index contributed by atoms with van der Waals surface area (Å²) in [4.78, 5) is 0. The molecule has 1 rings (SSSR count). The van der Waals surface area contributed by atoms with Crippen LogP contribution in [0.2, 0.25) is 0 Å². The third-order valence-electron chi connectivity index (χ3n) is 1.87. The van der Waals surface area contributed by atoms with Crippen LogP contribution in [-0.2, 0) is 9.30 Å². The first kappa shape index (κ1) is 7.30. The van der Waals surface area contributed by atoms with Gasteiger partial charge in [-0.3, -0.25) is 0 Å². The van der Waals surface area contributed by atoms with E-state index in [4.69, 9.17) is 4.74 Å². The topological polar surface area (TPSA) is 26.3 Å². The lowest BCUT2D eigenvalue weighted by Crippen LogP contribution is -1.99. The molecular formula is C6H13O2P. The van der Waals surface area contributed by atoms with Crippen LogP contribution in [0.5, 0.6) is 0 Å². The molecule has 0 saturated carbocycles. The highest BCUT2D eigenvalue weighted by Crippen LogP contribution is 2.53. The van der Waals surface area contributed by atoms with Crippen molar-refractivity contribution in [2.75, 3.05) is 19.1 Å². The highest BCUT2D eigenvalue weighted by atomic mass is 31.2. The van der Waals surface area contributed by atoms with E-state index in [9.17, 15) is 4.57 Å². The maximum absolute atomic E-state index is 11.6. The van der Waals surface area contributed by atoms with Crippen LogP contribution in [0.1, 0.15) is 13.8 Å². The molecule has 0 N–H and O–H groups in total. The summed E-state index contributed by atoms with van der Waals surface area (Å²) in [6.45, 7) is 4.72. The standard InChI is InChI=1S/C6H13O2P/c1-6(2)9(7)4-3-8-5-9/h6H,3-5H2,1-2H3. The van der Waals surface area contributed by atoms with Crippen LogP contribution in [0, 0.1) is 0 Å². The Labute approximate surface area is 56.0 Å². The van der Waals surface area contributed by atoms with Gasteiger partial charge >= 0.3 is 0 Å². The van der Waals surface area contributed by atoms with E-state index in [1.165, 1.54) is 0 Å². The van der Waals surface area contributed by atoms with Crippen LogP contribution in [0.15, 0.2) is 0 Å². The van der Waals surface area contributed by atoms with Gasteiger partial charge in [0.15, 0.2) is 0 Å². The number of hydrogen-bond donors (Lipinski definition) is 0. The van der Waals surface area contributed by atoms with Crippen molar-refractivity contribution in [1.82, 2.24) is 0 Å². The van der Waals surface area contributed by atoms with Crippen LogP contribution in [0.4, 0.5) is 0 Å². The Balaban J connectivity index is 2.62. The lowest BCUT2D eigenvalue weighted by Gasteiger charge is -2.12. The van der Waals surface area contributed by atoms with Crippen molar-refractivity contribution in [2.24, 2.45) is 0 Å². The van der Waals surface area contributed by atoms with Crippen molar-refractivity contribution in [1.29, 1.82) is 0 Å². The smallest absolute Gasteiger partial charge is 0.117 e. The van der Waals surface area contributed by atoms with Gasteiger partial charge in [-0.25, -0.2) is 0 Å². The van der Waals surface area contributed by atoms with Gasteiger partial charge in [0, 0.05) is 11.8 Å². The zero-order chi connectivity index (χ0) is 6.91. The van der Waals surface area contributed by atoms with Crippen LogP contribution in [0.25, 0.3) is 0 Å². The third-order valence-corrected chi connectivity index (χ3v) is 5.31. The van der Waals surface area contributed by atoms with Crippen molar-refractivity contribution in [2.45, 2.75) is 19.5 Å². The van der Waals surface area contributed by atoms with Crippen molar-refractivity contribution >= 4 is 7.14 Å². The van der Waals surface area contributed by atoms with Gasteiger partial charge in [-0.05, 0) is 0 Å². The molecule has 54 valence electrons. The molecule has 3 heteroatoms. The van der Waals surface area contributed by atoms with Gasteiger partial charge in [0.2, 0.25) is 0 Å². The second-order valence-corrected chi connectivity index (χ2v) is 6.45. The Bertz CT molecular complexity index is 132. The average Bonchev–Trinajstić information content (AvgIpc) is 2.16. The van der Waals surface area contributed by atoms with E-state index in [2.05, 4.69) is 0 Å². The molecule has 1 atom stereocenters. The van der Waals surface area contributed by atoms with Gasteiger partial charge in [0.1, 0.15) is 7.14 Å². The second-order valence-electron chi connectivity index (χ2n) is 2.81. The van der Waals surface area contributed by atoms with Gasteiger partial charge in [0.05, 0.1) is 13.0 Å². The van der Waals surface area contributed by atoms with Crippen LogP contribution >= 0.6 is 7.14 Å². The molecule has 1 aliphatic heterocycles. The van der Waals surface area contributed by atoms with Gasteiger partial charge < -0.3 is 9.30 Å². The highest BCUT2D eigenvalue weighted by molar-refractivity contribution is 7.64. The lowest BCUT2D eigenvalue weighted by molar-refractivity contribution is 0.215. The Kier molecular flexibility index (Phi) is 1.97. The first-order chi connectivity index (χ1) is 4.15. The zero-order valence-corrected chi connectivity index (χ0v) is 6.86. The first-order valence-electron chi connectivity index (χ1n) is 3.31. The minimum absolute atomic E-state index is 0.319. The Morgan fingerprint density at radius 2 is 2.22 bits per heavy atom. The molecule has 0 bridgehead atoms. The predicted octanol–water partition coefficient (Wildman–Crippen LogP) is 1.75. The van der Waals surface area contributed by atoms with E-state index in [0.717, 1.165) is 6.16 Å². The molecule has 1 heterocycles. The van der Waals surface area contributed by atoms with Crippen molar-refractivity contribution in [3.63, 3.8) is 0 Å². The van der Waals surface area contributed by atoms with Gasteiger partial charge in [-0.15, -0.1) is 0 Å². The van der Waals surface area contributed by atoms with E-state index < -0.39 is 7.14 Å². The predicted molar refractivity (Wildman–Crippen MR) is 38.4 cm³/mol. The minimum atomic E-state index is -1.86. The zero-order valence-electron chi connectivity index (χ0n) is 5.96.